The van der Waals surface area contributed by atoms with Crippen LogP contribution in [0.3, 0.4) is 0 Å². The van der Waals surface area contributed by atoms with Crippen LogP contribution < -0.4 is 0 Å². The first kappa shape index (κ1) is 23.4. The average molecular weight is 467 g/mol. The summed E-state index contributed by atoms with van der Waals surface area (Å²) in [5.41, 5.74) is 1.24. The van der Waals surface area contributed by atoms with E-state index >= 15 is 0 Å². The molecule has 0 aromatic heterocycles. The Hall–Kier alpha value is -2.74. The van der Waals surface area contributed by atoms with Gasteiger partial charge in [-0.15, -0.1) is 0 Å². The highest BCUT2D eigenvalue weighted by molar-refractivity contribution is 7.89. The maximum Gasteiger partial charge on any atom is 0.243 e. The molecule has 0 radical (unpaired) electrons. The molecule has 1 heterocycles. The highest BCUT2D eigenvalue weighted by Crippen LogP contribution is 2.23. The Labute approximate surface area is 195 Å². The minimum absolute atomic E-state index is 0.0596. The standard InChI is InChI=1S/C26H30N2O4S/c29-26(11-6-19-32-20-14-22-7-2-1-3-8-22)27-15-17-28(18-16-27)33(30,31)25-13-12-23-9-4-5-10-24(23)21-25/h1-5,7-10,12-13,21H,6,11,14-20H2. The fourth-order valence-electron chi connectivity index (χ4n) is 4.08. The molecule has 7 heteroatoms. The molecule has 0 bridgehead atoms. The molecule has 1 aliphatic rings. The third kappa shape index (κ3) is 5.99. The number of benzene rings is 3. The molecule has 1 aliphatic heterocycles. The Bertz CT molecular complexity index is 1170. The van der Waals surface area contributed by atoms with Crippen molar-refractivity contribution in [2.45, 2.75) is 24.2 Å². The van der Waals surface area contributed by atoms with Gasteiger partial charge in [-0.05, 0) is 41.3 Å². The fraction of sp³-hybridized carbons (Fsp3) is 0.346. The molecule has 0 aliphatic carbocycles. The Balaban J connectivity index is 1.20. The summed E-state index contributed by atoms with van der Waals surface area (Å²) in [4.78, 5) is 14.6. The number of ether oxygens (including phenoxy) is 1. The number of nitrogens with zero attached hydrogens (tertiary/aromatic N) is 2. The Morgan fingerprint density at radius 1 is 0.818 bits per heavy atom. The molecule has 174 valence electrons. The summed E-state index contributed by atoms with van der Waals surface area (Å²) in [6.07, 6.45) is 1.95. The van der Waals surface area contributed by atoms with Crippen molar-refractivity contribution in [2.24, 2.45) is 0 Å². The van der Waals surface area contributed by atoms with Crippen LogP contribution in [-0.4, -0.2) is 62.9 Å². The van der Waals surface area contributed by atoms with Crippen LogP contribution in [0.2, 0.25) is 0 Å². The van der Waals surface area contributed by atoms with Crippen molar-refractivity contribution < 1.29 is 17.9 Å². The molecule has 0 atom stereocenters. The summed E-state index contributed by atoms with van der Waals surface area (Å²) in [7, 11) is -3.58. The van der Waals surface area contributed by atoms with Gasteiger partial charge >= 0.3 is 0 Å². The lowest BCUT2D eigenvalue weighted by Gasteiger charge is -2.34. The number of carbonyl (C=O) groups is 1. The number of rotatable bonds is 9. The van der Waals surface area contributed by atoms with Crippen molar-refractivity contribution in [3.63, 3.8) is 0 Å². The Morgan fingerprint density at radius 2 is 1.52 bits per heavy atom. The van der Waals surface area contributed by atoms with Gasteiger partial charge in [-0.3, -0.25) is 4.79 Å². The maximum atomic E-state index is 13.1. The molecular formula is C26H30N2O4S. The summed E-state index contributed by atoms with van der Waals surface area (Å²) in [5.74, 6) is 0.0596. The van der Waals surface area contributed by atoms with Crippen molar-refractivity contribution in [2.75, 3.05) is 39.4 Å². The topological polar surface area (TPSA) is 66.9 Å². The zero-order chi connectivity index (χ0) is 23.1. The Morgan fingerprint density at radius 3 is 2.27 bits per heavy atom. The van der Waals surface area contributed by atoms with Gasteiger partial charge in [0.1, 0.15) is 0 Å². The van der Waals surface area contributed by atoms with Crippen molar-refractivity contribution in [3.05, 3.63) is 78.4 Å². The van der Waals surface area contributed by atoms with E-state index in [9.17, 15) is 13.2 Å². The third-order valence-electron chi connectivity index (χ3n) is 6.01. The molecule has 3 aromatic rings. The van der Waals surface area contributed by atoms with Gasteiger partial charge in [-0.1, -0.05) is 60.7 Å². The lowest BCUT2D eigenvalue weighted by molar-refractivity contribution is -0.132. The van der Waals surface area contributed by atoms with Crippen LogP contribution in [0.25, 0.3) is 10.8 Å². The molecule has 6 nitrogen and oxygen atoms in total. The SMILES string of the molecule is O=C(CCCOCCc1ccccc1)N1CCN(S(=O)(=O)c2ccc3ccccc3c2)CC1. The van der Waals surface area contributed by atoms with E-state index in [1.807, 2.05) is 48.5 Å². The second-order valence-electron chi connectivity index (χ2n) is 8.25. The zero-order valence-electron chi connectivity index (χ0n) is 18.7. The smallest absolute Gasteiger partial charge is 0.243 e. The van der Waals surface area contributed by atoms with Gasteiger partial charge in [0, 0.05) is 39.2 Å². The number of amides is 1. The van der Waals surface area contributed by atoms with Crippen molar-refractivity contribution in [1.82, 2.24) is 9.21 Å². The molecule has 1 fully saturated rings. The van der Waals surface area contributed by atoms with Crippen LogP contribution in [0, 0.1) is 0 Å². The zero-order valence-corrected chi connectivity index (χ0v) is 19.5. The lowest BCUT2D eigenvalue weighted by atomic mass is 10.1. The lowest BCUT2D eigenvalue weighted by Crippen LogP contribution is -2.50. The number of piperazine rings is 1. The monoisotopic (exact) mass is 466 g/mol. The van der Waals surface area contributed by atoms with E-state index in [1.165, 1.54) is 9.87 Å². The first-order valence-corrected chi connectivity index (χ1v) is 12.9. The van der Waals surface area contributed by atoms with Gasteiger partial charge in [-0.2, -0.15) is 4.31 Å². The van der Waals surface area contributed by atoms with Gasteiger partial charge in [0.15, 0.2) is 0 Å². The maximum absolute atomic E-state index is 13.1. The normalized spacial score (nSPS) is 15.1. The van der Waals surface area contributed by atoms with Crippen LogP contribution in [0.4, 0.5) is 0 Å². The molecular weight excluding hydrogens is 436 g/mol. The van der Waals surface area contributed by atoms with Crippen molar-refractivity contribution >= 4 is 26.7 Å². The van der Waals surface area contributed by atoms with Crippen molar-refractivity contribution in [3.8, 4) is 0 Å². The predicted octanol–water partition coefficient (Wildman–Crippen LogP) is 3.71. The van der Waals surface area contributed by atoms with Gasteiger partial charge < -0.3 is 9.64 Å². The molecule has 0 N–H and O–H groups in total. The minimum atomic E-state index is -3.58. The van der Waals surface area contributed by atoms with E-state index in [-0.39, 0.29) is 5.91 Å². The Kier molecular flexibility index (Phi) is 7.75. The second-order valence-corrected chi connectivity index (χ2v) is 10.2. The predicted molar refractivity (Wildman–Crippen MR) is 129 cm³/mol. The summed E-state index contributed by atoms with van der Waals surface area (Å²) in [5, 5.41) is 1.91. The van der Waals surface area contributed by atoms with E-state index in [0.717, 1.165) is 17.2 Å². The summed E-state index contributed by atoms with van der Waals surface area (Å²) in [6.45, 7) is 2.66. The number of fused-ring (bicyclic) bond motifs is 1. The van der Waals surface area contributed by atoms with E-state index in [2.05, 4.69) is 12.1 Å². The average Bonchev–Trinajstić information content (AvgIpc) is 2.86. The molecule has 3 aromatic carbocycles. The number of carbonyl (C=O) groups excluding carboxylic acids is 1. The third-order valence-corrected chi connectivity index (χ3v) is 7.90. The van der Waals surface area contributed by atoms with Crippen molar-refractivity contribution in [1.29, 1.82) is 0 Å². The van der Waals surface area contributed by atoms with Gasteiger partial charge in [0.2, 0.25) is 15.9 Å². The highest BCUT2D eigenvalue weighted by atomic mass is 32.2. The fourth-order valence-corrected chi connectivity index (χ4v) is 5.53. The van der Waals surface area contributed by atoms with Crippen LogP contribution in [0.5, 0.6) is 0 Å². The number of hydrogen-bond acceptors (Lipinski definition) is 4. The van der Waals surface area contributed by atoms with E-state index < -0.39 is 10.0 Å². The minimum Gasteiger partial charge on any atom is -0.381 e. The van der Waals surface area contributed by atoms with Gasteiger partial charge in [-0.25, -0.2) is 8.42 Å². The van der Waals surface area contributed by atoms with E-state index in [0.29, 0.717) is 57.1 Å². The van der Waals surface area contributed by atoms with Crippen LogP contribution in [-0.2, 0) is 26.0 Å². The summed E-state index contributed by atoms with van der Waals surface area (Å²) >= 11 is 0. The van der Waals surface area contributed by atoms with Gasteiger partial charge in [0.05, 0.1) is 11.5 Å². The van der Waals surface area contributed by atoms with E-state index in [1.54, 1.807) is 17.0 Å². The second kappa shape index (κ2) is 10.9. The van der Waals surface area contributed by atoms with E-state index in [4.69, 9.17) is 4.74 Å². The molecule has 33 heavy (non-hydrogen) atoms. The largest absolute Gasteiger partial charge is 0.381 e. The van der Waals surface area contributed by atoms with Gasteiger partial charge in [0.25, 0.3) is 0 Å². The first-order valence-electron chi connectivity index (χ1n) is 11.4. The molecule has 4 rings (SSSR count). The summed E-state index contributed by atoms with van der Waals surface area (Å²) < 4.78 is 33.3. The van der Waals surface area contributed by atoms with Crippen LogP contribution in [0.15, 0.2) is 77.7 Å². The number of hydrogen-bond donors (Lipinski definition) is 0. The molecule has 1 amide bonds. The summed E-state index contributed by atoms with van der Waals surface area (Å²) in [6, 6.07) is 23.1. The molecule has 0 saturated carbocycles. The highest BCUT2D eigenvalue weighted by Gasteiger charge is 2.30. The van der Waals surface area contributed by atoms with Crippen LogP contribution in [0.1, 0.15) is 18.4 Å². The quantitative estimate of drug-likeness (QED) is 0.451. The molecule has 1 saturated heterocycles. The van der Waals surface area contributed by atoms with Crippen LogP contribution >= 0.6 is 0 Å². The number of sulfonamides is 1. The molecule has 0 unspecified atom stereocenters. The molecule has 0 spiro atoms. The first-order chi connectivity index (χ1) is 16.0.